The van der Waals surface area contributed by atoms with Crippen molar-refractivity contribution in [3.63, 3.8) is 0 Å². The Bertz CT molecular complexity index is 1240. The molecule has 0 bridgehead atoms. The van der Waals surface area contributed by atoms with E-state index in [0.29, 0.717) is 23.7 Å². The molecule has 1 aromatic carbocycles. The normalized spacial score (nSPS) is 14.7. The van der Waals surface area contributed by atoms with Crippen molar-refractivity contribution in [3.05, 3.63) is 40.3 Å². The number of carbonyl (C=O) groups is 3. The van der Waals surface area contributed by atoms with Crippen molar-refractivity contribution in [3.8, 4) is 11.5 Å². The standard InChI is InChI=1S/C23H28N2O7S2/c1-7-32-17-10-13(8-9-16(17)31-5)15(12-34(6,29)30)25-20(26)14-11-33-19(18(14)21(25)27)24-22(28)23(2,3)4/h8-11,15H,7,12H2,1-6H3,(H,24,28). The first-order valence-electron chi connectivity index (χ1n) is 10.6. The second kappa shape index (κ2) is 9.38. The fourth-order valence-electron chi connectivity index (χ4n) is 3.51. The minimum atomic E-state index is -3.60. The van der Waals surface area contributed by atoms with Crippen LogP contribution in [0.4, 0.5) is 5.00 Å². The van der Waals surface area contributed by atoms with Gasteiger partial charge in [0.25, 0.3) is 11.8 Å². The van der Waals surface area contributed by atoms with Gasteiger partial charge in [-0.3, -0.25) is 19.3 Å². The molecular formula is C23H28N2O7S2. The molecule has 2 aromatic rings. The molecule has 9 nitrogen and oxygen atoms in total. The van der Waals surface area contributed by atoms with E-state index in [1.807, 2.05) is 0 Å². The third-order valence-corrected chi connectivity index (χ3v) is 7.04. The summed E-state index contributed by atoms with van der Waals surface area (Å²) in [5.74, 6) is -1.25. The van der Waals surface area contributed by atoms with Gasteiger partial charge in [0.2, 0.25) is 5.91 Å². The Balaban J connectivity index is 2.06. The number of fused-ring (bicyclic) bond motifs is 1. The minimum absolute atomic E-state index is 0.0737. The lowest BCUT2D eigenvalue weighted by Crippen LogP contribution is -2.38. The van der Waals surface area contributed by atoms with E-state index >= 15 is 0 Å². The van der Waals surface area contributed by atoms with Gasteiger partial charge in [0.15, 0.2) is 11.5 Å². The van der Waals surface area contributed by atoms with E-state index in [4.69, 9.17) is 9.47 Å². The van der Waals surface area contributed by atoms with Crippen molar-refractivity contribution >= 4 is 43.9 Å². The summed E-state index contributed by atoms with van der Waals surface area (Å²) < 4.78 is 35.5. The van der Waals surface area contributed by atoms with Crippen LogP contribution in [0.3, 0.4) is 0 Å². The van der Waals surface area contributed by atoms with Crippen molar-refractivity contribution in [2.24, 2.45) is 5.41 Å². The fourth-order valence-corrected chi connectivity index (χ4v) is 5.35. The molecule has 1 aromatic heterocycles. The van der Waals surface area contributed by atoms with Gasteiger partial charge in [-0.1, -0.05) is 26.8 Å². The maximum atomic E-state index is 13.5. The molecule has 0 spiro atoms. The summed E-state index contributed by atoms with van der Waals surface area (Å²) in [6.07, 6.45) is 1.04. The van der Waals surface area contributed by atoms with E-state index in [-0.39, 0.29) is 22.0 Å². The van der Waals surface area contributed by atoms with E-state index in [0.717, 1.165) is 22.5 Å². The minimum Gasteiger partial charge on any atom is -0.493 e. The number of methoxy groups -OCH3 is 1. The molecule has 0 saturated carbocycles. The van der Waals surface area contributed by atoms with Crippen LogP contribution in [0.15, 0.2) is 23.6 Å². The van der Waals surface area contributed by atoms with Crippen LogP contribution in [-0.2, 0) is 14.6 Å². The van der Waals surface area contributed by atoms with Crippen LogP contribution in [0.2, 0.25) is 0 Å². The van der Waals surface area contributed by atoms with Crippen molar-refractivity contribution in [2.45, 2.75) is 33.7 Å². The summed E-state index contributed by atoms with van der Waals surface area (Å²) in [4.78, 5) is 40.2. The number of hydrogen-bond acceptors (Lipinski definition) is 8. The molecule has 34 heavy (non-hydrogen) atoms. The number of nitrogens with one attached hydrogen (secondary N) is 1. The van der Waals surface area contributed by atoms with Gasteiger partial charge in [0.1, 0.15) is 14.8 Å². The first-order valence-corrected chi connectivity index (χ1v) is 13.5. The molecule has 3 amide bonds. The van der Waals surface area contributed by atoms with Crippen molar-refractivity contribution in [1.82, 2.24) is 4.90 Å². The van der Waals surface area contributed by atoms with Gasteiger partial charge in [-0.2, -0.15) is 0 Å². The largest absolute Gasteiger partial charge is 0.493 e. The predicted molar refractivity (Wildman–Crippen MR) is 130 cm³/mol. The van der Waals surface area contributed by atoms with E-state index in [2.05, 4.69) is 5.32 Å². The zero-order valence-electron chi connectivity index (χ0n) is 19.9. The Morgan fingerprint density at radius 2 is 1.85 bits per heavy atom. The summed E-state index contributed by atoms with van der Waals surface area (Å²) in [5, 5.41) is 4.49. The highest BCUT2D eigenvalue weighted by molar-refractivity contribution is 7.90. The second-order valence-corrected chi connectivity index (χ2v) is 12.1. The monoisotopic (exact) mass is 508 g/mol. The molecular weight excluding hydrogens is 480 g/mol. The van der Waals surface area contributed by atoms with Gasteiger partial charge in [0.05, 0.1) is 36.6 Å². The smallest absolute Gasteiger partial charge is 0.265 e. The summed E-state index contributed by atoms with van der Waals surface area (Å²) in [7, 11) is -2.12. The number of imide groups is 1. The van der Waals surface area contributed by atoms with Crippen LogP contribution >= 0.6 is 11.3 Å². The van der Waals surface area contributed by atoms with Crippen LogP contribution < -0.4 is 14.8 Å². The van der Waals surface area contributed by atoms with Gasteiger partial charge in [-0.25, -0.2) is 8.42 Å². The third-order valence-electron chi connectivity index (χ3n) is 5.23. The molecule has 1 unspecified atom stereocenters. The van der Waals surface area contributed by atoms with E-state index in [1.54, 1.807) is 45.9 Å². The number of benzene rings is 1. The Hall–Kier alpha value is -2.92. The molecule has 1 aliphatic heterocycles. The lowest BCUT2D eigenvalue weighted by atomic mass is 9.96. The van der Waals surface area contributed by atoms with Gasteiger partial charge < -0.3 is 14.8 Å². The number of amides is 3. The molecule has 11 heteroatoms. The predicted octanol–water partition coefficient (Wildman–Crippen LogP) is 3.52. The second-order valence-electron chi connectivity index (χ2n) is 8.99. The van der Waals surface area contributed by atoms with Gasteiger partial charge in [-0.15, -0.1) is 11.3 Å². The number of anilines is 1. The average molecular weight is 509 g/mol. The van der Waals surface area contributed by atoms with Crippen LogP contribution in [0.25, 0.3) is 0 Å². The average Bonchev–Trinajstić information content (AvgIpc) is 3.25. The van der Waals surface area contributed by atoms with E-state index in [9.17, 15) is 22.8 Å². The van der Waals surface area contributed by atoms with Crippen LogP contribution in [0.5, 0.6) is 11.5 Å². The highest BCUT2D eigenvalue weighted by Gasteiger charge is 2.45. The highest BCUT2D eigenvalue weighted by Crippen LogP contribution is 2.41. The number of sulfone groups is 1. The Morgan fingerprint density at radius 1 is 1.18 bits per heavy atom. The topological polar surface area (TPSA) is 119 Å². The first kappa shape index (κ1) is 25.7. The number of nitrogens with zero attached hydrogens (tertiary/aromatic N) is 1. The molecule has 1 N–H and O–H groups in total. The quantitative estimate of drug-likeness (QED) is 0.542. The highest BCUT2D eigenvalue weighted by atomic mass is 32.2. The van der Waals surface area contributed by atoms with E-state index in [1.165, 1.54) is 12.5 Å². The Morgan fingerprint density at radius 3 is 2.41 bits per heavy atom. The fraction of sp³-hybridized carbons (Fsp3) is 0.435. The molecule has 1 aliphatic rings. The summed E-state index contributed by atoms with van der Waals surface area (Å²) in [6.45, 7) is 7.33. The van der Waals surface area contributed by atoms with E-state index < -0.39 is 38.9 Å². The molecule has 3 rings (SSSR count). The lowest BCUT2D eigenvalue weighted by molar-refractivity contribution is -0.123. The molecule has 0 saturated heterocycles. The summed E-state index contributed by atoms with van der Waals surface area (Å²) >= 11 is 1.09. The first-order chi connectivity index (χ1) is 15.8. The van der Waals surface area contributed by atoms with Crippen molar-refractivity contribution in [1.29, 1.82) is 0 Å². The zero-order chi connectivity index (χ0) is 25.4. The summed E-state index contributed by atoms with van der Waals surface area (Å²) in [5.41, 5.74) is -0.0915. The SMILES string of the molecule is CCOc1cc(C(CS(C)(=O)=O)N2C(=O)c3csc(NC(=O)C(C)(C)C)c3C2=O)ccc1OC. The maximum absolute atomic E-state index is 13.5. The molecule has 0 aliphatic carbocycles. The molecule has 0 fully saturated rings. The number of thiophene rings is 1. The Kier molecular flexibility index (Phi) is 7.09. The zero-order valence-corrected chi connectivity index (χ0v) is 21.6. The number of ether oxygens (including phenoxy) is 2. The number of hydrogen-bond donors (Lipinski definition) is 1. The molecule has 184 valence electrons. The lowest BCUT2D eigenvalue weighted by Gasteiger charge is -2.27. The van der Waals surface area contributed by atoms with Crippen LogP contribution in [-0.4, -0.2) is 56.8 Å². The van der Waals surface area contributed by atoms with Crippen LogP contribution in [0, 0.1) is 5.41 Å². The maximum Gasteiger partial charge on any atom is 0.265 e. The van der Waals surface area contributed by atoms with Gasteiger partial charge >= 0.3 is 0 Å². The third kappa shape index (κ3) is 5.10. The van der Waals surface area contributed by atoms with Crippen molar-refractivity contribution < 1.29 is 32.3 Å². The number of rotatable bonds is 8. The van der Waals surface area contributed by atoms with Crippen molar-refractivity contribution in [2.75, 3.05) is 31.0 Å². The van der Waals surface area contributed by atoms with Gasteiger partial charge in [0, 0.05) is 17.1 Å². The van der Waals surface area contributed by atoms with Gasteiger partial charge in [-0.05, 0) is 24.6 Å². The summed E-state index contributed by atoms with van der Waals surface area (Å²) in [6, 6.07) is 3.69. The molecule has 2 heterocycles. The van der Waals surface area contributed by atoms with Crippen LogP contribution in [0.1, 0.15) is 60.0 Å². The number of carbonyl (C=O) groups excluding carboxylic acids is 3. The molecule has 1 atom stereocenters. The molecule has 0 radical (unpaired) electrons. The Labute approximate surface area is 203 Å².